The maximum Gasteiger partial charge on any atom is 0.245 e. The molecule has 2 atom stereocenters. The van der Waals surface area contributed by atoms with Gasteiger partial charge in [-0.1, -0.05) is 11.6 Å². The fraction of sp³-hybridized carbons (Fsp3) is 0.571. The van der Waals surface area contributed by atoms with Crippen molar-refractivity contribution >= 4 is 29.0 Å². The predicted octanol–water partition coefficient (Wildman–Crippen LogP) is -0.280. The maximum atomic E-state index is 9.36. The van der Waals surface area contributed by atoms with Crippen LogP contribution in [-0.4, -0.2) is 50.7 Å². The van der Waals surface area contributed by atoms with E-state index < -0.39 is 12.2 Å². The Hall–Kier alpha value is -0.690. The van der Waals surface area contributed by atoms with E-state index in [-0.39, 0.29) is 23.5 Å². The lowest BCUT2D eigenvalue weighted by Gasteiger charge is -2.16. The van der Waals surface area contributed by atoms with Crippen LogP contribution in [0.1, 0.15) is 0 Å². The highest BCUT2D eigenvalue weighted by atomic mass is 35.5. The number of hydrogen-bond acceptors (Lipinski definition) is 6. The van der Waals surface area contributed by atoms with Gasteiger partial charge in [-0.15, -0.1) is 10.2 Å². The first-order chi connectivity index (χ1) is 7.08. The molecule has 0 saturated carbocycles. The van der Waals surface area contributed by atoms with Crippen LogP contribution in [0.2, 0.25) is 10.4 Å². The van der Waals surface area contributed by atoms with Gasteiger partial charge in [0, 0.05) is 13.1 Å². The fourth-order valence-electron chi connectivity index (χ4n) is 1.43. The van der Waals surface area contributed by atoms with Crippen LogP contribution in [0.25, 0.3) is 0 Å². The summed E-state index contributed by atoms with van der Waals surface area (Å²) in [5.74, 6) is 0.326. The number of aliphatic hydroxyl groups is 2. The molecule has 1 fully saturated rings. The largest absolute Gasteiger partial charge is 0.389 e. The van der Waals surface area contributed by atoms with Crippen molar-refractivity contribution in [3.8, 4) is 0 Å². The number of anilines is 1. The van der Waals surface area contributed by atoms with E-state index in [1.807, 2.05) is 0 Å². The van der Waals surface area contributed by atoms with E-state index in [4.69, 9.17) is 23.2 Å². The summed E-state index contributed by atoms with van der Waals surface area (Å²) in [6, 6.07) is 0. The molecule has 0 bridgehead atoms. The second kappa shape index (κ2) is 4.05. The zero-order valence-corrected chi connectivity index (χ0v) is 9.02. The number of hydrogen-bond donors (Lipinski definition) is 2. The molecule has 0 amide bonds. The molecule has 2 unspecified atom stereocenters. The van der Waals surface area contributed by atoms with E-state index in [0.717, 1.165) is 0 Å². The molecule has 82 valence electrons. The first-order valence-corrected chi connectivity index (χ1v) is 5.00. The summed E-state index contributed by atoms with van der Waals surface area (Å²) in [4.78, 5) is 5.50. The van der Waals surface area contributed by atoms with Gasteiger partial charge in [0.05, 0.1) is 12.2 Å². The van der Waals surface area contributed by atoms with Crippen LogP contribution in [0, 0.1) is 0 Å². The summed E-state index contributed by atoms with van der Waals surface area (Å²) in [6.07, 6.45) is -1.62. The number of aliphatic hydroxyl groups excluding tert-OH is 2. The summed E-state index contributed by atoms with van der Waals surface area (Å²) >= 11 is 11.3. The van der Waals surface area contributed by atoms with E-state index in [2.05, 4.69) is 15.2 Å². The van der Waals surface area contributed by atoms with Gasteiger partial charge >= 0.3 is 0 Å². The molecule has 1 aliphatic heterocycles. The molecular weight excluding hydrogens is 243 g/mol. The van der Waals surface area contributed by atoms with E-state index in [1.165, 1.54) is 0 Å². The second-order valence-electron chi connectivity index (χ2n) is 3.23. The van der Waals surface area contributed by atoms with Crippen LogP contribution in [-0.2, 0) is 0 Å². The molecule has 1 aromatic rings. The van der Waals surface area contributed by atoms with Crippen molar-refractivity contribution < 1.29 is 10.2 Å². The molecule has 0 aromatic carbocycles. The molecule has 2 rings (SSSR count). The van der Waals surface area contributed by atoms with Crippen LogP contribution in [0.5, 0.6) is 0 Å². The quantitative estimate of drug-likeness (QED) is 0.714. The Labute approximate surface area is 95.5 Å². The molecule has 6 nitrogen and oxygen atoms in total. The summed E-state index contributed by atoms with van der Waals surface area (Å²) in [5.41, 5.74) is 0. The van der Waals surface area contributed by atoms with Gasteiger partial charge in [-0.05, 0) is 11.6 Å². The number of rotatable bonds is 1. The molecule has 1 aromatic heterocycles. The summed E-state index contributed by atoms with van der Waals surface area (Å²) in [6.45, 7) is 0.492. The van der Waals surface area contributed by atoms with E-state index in [0.29, 0.717) is 5.82 Å². The molecule has 2 N–H and O–H groups in total. The normalized spacial score (nSPS) is 26.0. The van der Waals surface area contributed by atoms with Crippen LogP contribution in [0.15, 0.2) is 0 Å². The highest BCUT2D eigenvalue weighted by Gasteiger charge is 2.31. The molecule has 1 aliphatic rings. The van der Waals surface area contributed by atoms with Crippen molar-refractivity contribution in [3.05, 3.63) is 10.4 Å². The van der Waals surface area contributed by atoms with E-state index >= 15 is 0 Å². The summed E-state index contributed by atoms with van der Waals surface area (Å²) in [7, 11) is 0. The highest BCUT2D eigenvalue weighted by molar-refractivity contribution is 6.32. The topological polar surface area (TPSA) is 82.4 Å². The third-order valence-corrected chi connectivity index (χ3v) is 2.57. The third-order valence-electron chi connectivity index (χ3n) is 2.16. The number of β-amino-alcohol motifs (C(OH)–C–C–N with tert-alkyl or cyclic N) is 2. The minimum absolute atomic E-state index is 0.0229. The van der Waals surface area contributed by atoms with Crippen molar-refractivity contribution in [1.29, 1.82) is 0 Å². The first-order valence-electron chi connectivity index (χ1n) is 4.24. The van der Waals surface area contributed by atoms with Crippen LogP contribution in [0.3, 0.4) is 0 Å². The van der Waals surface area contributed by atoms with Crippen LogP contribution < -0.4 is 4.90 Å². The number of halogens is 2. The molecular formula is C7H8Cl2N4O2. The standard InChI is InChI=1S/C7H8Cl2N4O2/c8-5-6(10-7(9)12-11-5)13-1-3(14)4(15)2-13/h3-4,14-15H,1-2H2. The smallest absolute Gasteiger partial charge is 0.245 e. The lowest BCUT2D eigenvalue weighted by atomic mass is 10.3. The Bertz CT molecular complexity index is 368. The van der Waals surface area contributed by atoms with E-state index in [1.54, 1.807) is 4.90 Å². The molecule has 0 aliphatic carbocycles. The van der Waals surface area contributed by atoms with Gasteiger partial charge in [-0.25, -0.2) is 0 Å². The molecule has 8 heteroatoms. The van der Waals surface area contributed by atoms with Gasteiger partial charge in [-0.2, -0.15) is 4.98 Å². The van der Waals surface area contributed by atoms with Gasteiger partial charge in [0.15, 0.2) is 11.0 Å². The van der Waals surface area contributed by atoms with Crippen molar-refractivity contribution in [1.82, 2.24) is 15.2 Å². The van der Waals surface area contributed by atoms with E-state index in [9.17, 15) is 10.2 Å². The van der Waals surface area contributed by atoms with Gasteiger partial charge in [0.2, 0.25) is 5.28 Å². The van der Waals surface area contributed by atoms with Gasteiger partial charge in [0.1, 0.15) is 0 Å². The Morgan fingerprint density at radius 2 is 1.73 bits per heavy atom. The summed E-state index contributed by atoms with van der Waals surface area (Å²) < 4.78 is 0. The molecule has 0 radical (unpaired) electrons. The summed E-state index contributed by atoms with van der Waals surface area (Å²) in [5, 5.41) is 25.9. The van der Waals surface area contributed by atoms with Crippen molar-refractivity contribution in [2.24, 2.45) is 0 Å². The Kier molecular flexibility index (Phi) is 2.92. The van der Waals surface area contributed by atoms with Crippen molar-refractivity contribution in [3.63, 3.8) is 0 Å². The number of nitrogens with zero attached hydrogens (tertiary/aromatic N) is 4. The lowest BCUT2D eigenvalue weighted by Crippen LogP contribution is -2.23. The zero-order valence-electron chi connectivity index (χ0n) is 7.51. The molecule has 15 heavy (non-hydrogen) atoms. The highest BCUT2D eigenvalue weighted by Crippen LogP contribution is 2.25. The minimum atomic E-state index is -0.810. The van der Waals surface area contributed by atoms with Crippen LogP contribution >= 0.6 is 23.2 Å². The van der Waals surface area contributed by atoms with Gasteiger partial charge in [0.25, 0.3) is 0 Å². The van der Waals surface area contributed by atoms with Gasteiger partial charge < -0.3 is 15.1 Å². The fourth-order valence-corrected chi connectivity index (χ4v) is 1.75. The Balaban J connectivity index is 2.27. The average Bonchev–Trinajstić information content (AvgIpc) is 2.51. The molecule has 1 saturated heterocycles. The Morgan fingerprint density at radius 3 is 2.33 bits per heavy atom. The predicted molar refractivity (Wildman–Crippen MR) is 54.1 cm³/mol. The second-order valence-corrected chi connectivity index (χ2v) is 3.93. The third kappa shape index (κ3) is 2.12. The maximum absolute atomic E-state index is 9.36. The van der Waals surface area contributed by atoms with Gasteiger partial charge in [-0.3, -0.25) is 0 Å². The van der Waals surface area contributed by atoms with Crippen LogP contribution in [0.4, 0.5) is 5.82 Å². The minimum Gasteiger partial charge on any atom is -0.389 e. The number of aromatic nitrogens is 3. The Morgan fingerprint density at radius 1 is 1.13 bits per heavy atom. The lowest BCUT2D eigenvalue weighted by molar-refractivity contribution is 0.0572. The van der Waals surface area contributed by atoms with Crippen molar-refractivity contribution in [2.45, 2.75) is 12.2 Å². The SMILES string of the molecule is OC1CN(c2nc(Cl)nnc2Cl)CC1O. The average molecular weight is 251 g/mol. The molecule has 0 spiro atoms. The molecule has 2 heterocycles. The van der Waals surface area contributed by atoms with Crippen molar-refractivity contribution in [2.75, 3.05) is 18.0 Å². The first kappa shape index (κ1) is 10.8. The monoisotopic (exact) mass is 250 g/mol. The zero-order chi connectivity index (χ0) is 11.0.